The number of amides is 1. The second-order valence-corrected chi connectivity index (χ2v) is 7.04. The number of rotatable bonds is 2. The lowest BCUT2D eigenvalue weighted by molar-refractivity contribution is 0.178. The van der Waals surface area contributed by atoms with Crippen LogP contribution in [0.2, 0.25) is 0 Å². The van der Waals surface area contributed by atoms with E-state index in [0.29, 0.717) is 17.6 Å². The Balaban J connectivity index is 2.03. The van der Waals surface area contributed by atoms with Gasteiger partial charge >= 0.3 is 6.09 Å². The largest absolute Gasteiger partial charge is 0.465 e. The van der Waals surface area contributed by atoms with E-state index in [0.717, 1.165) is 24.0 Å². The molecule has 24 heavy (non-hydrogen) atoms. The molecule has 1 aliphatic heterocycles. The van der Waals surface area contributed by atoms with Gasteiger partial charge < -0.3 is 15.3 Å². The molecule has 1 aliphatic rings. The van der Waals surface area contributed by atoms with Crippen molar-refractivity contribution in [3.63, 3.8) is 0 Å². The monoisotopic (exact) mass is 324 g/mol. The van der Waals surface area contributed by atoms with Crippen LogP contribution in [0.5, 0.6) is 0 Å². The molecule has 0 radical (unpaired) electrons. The summed E-state index contributed by atoms with van der Waals surface area (Å²) in [5.74, 6) is 0. The Hall–Kier alpha value is -2.81. The number of hydrogen-bond donors (Lipinski definition) is 2. The quantitative estimate of drug-likeness (QED) is 0.886. The van der Waals surface area contributed by atoms with Crippen molar-refractivity contribution in [1.82, 2.24) is 10.3 Å². The number of aromatic nitrogens is 1. The van der Waals surface area contributed by atoms with Gasteiger partial charge in [-0.2, -0.15) is 5.26 Å². The normalized spacial score (nSPS) is 19.7. The van der Waals surface area contributed by atoms with Crippen LogP contribution in [0.1, 0.15) is 25.8 Å². The van der Waals surface area contributed by atoms with Crippen molar-refractivity contribution in [2.45, 2.75) is 26.3 Å². The van der Waals surface area contributed by atoms with Gasteiger partial charge in [0.1, 0.15) is 6.07 Å². The van der Waals surface area contributed by atoms with Crippen LogP contribution in [0.25, 0.3) is 10.9 Å². The molecule has 2 aromatic rings. The fourth-order valence-corrected chi connectivity index (χ4v) is 3.62. The first kappa shape index (κ1) is 16.1. The lowest BCUT2D eigenvalue weighted by atomic mass is 9.81. The molecule has 2 heterocycles. The van der Waals surface area contributed by atoms with Crippen LogP contribution in [0, 0.1) is 16.7 Å². The van der Waals surface area contributed by atoms with E-state index in [1.54, 1.807) is 12.3 Å². The second-order valence-electron chi connectivity index (χ2n) is 7.04. The van der Waals surface area contributed by atoms with Crippen LogP contribution in [0.3, 0.4) is 0 Å². The molecule has 0 saturated carbocycles. The first-order valence-corrected chi connectivity index (χ1v) is 7.92. The summed E-state index contributed by atoms with van der Waals surface area (Å²) in [5, 5.41) is 21.9. The minimum atomic E-state index is -0.996. The molecule has 0 aliphatic carbocycles. The molecule has 1 unspecified atom stereocenters. The average molecular weight is 324 g/mol. The van der Waals surface area contributed by atoms with Gasteiger partial charge in [-0.15, -0.1) is 0 Å². The third-order valence-electron chi connectivity index (χ3n) is 4.39. The summed E-state index contributed by atoms with van der Waals surface area (Å²) in [6.07, 6.45) is 1.48. The molecule has 0 spiro atoms. The summed E-state index contributed by atoms with van der Waals surface area (Å²) < 4.78 is 0. The Morgan fingerprint density at radius 1 is 1.46 bits per heavy atom. The molecule has 6 heteroatoms. The second kappa shape index (κ2) is 6.00. The SMILES string of the molecule is CC1(C)CC(NC(=O)O)CN(c2ccc(C#N)c3ncccc23)C1. The van der Waals surface area contributed by atoms with Crippen LogP contribution >= 0.6 is 0 Å². The molecule has 1 atom stereocenters. The summed E-state index contributed by atoms with van der Waals surface area (Å²) in [7, 11) is 0. The molecule has 2 N–H and O–H groups in total. The average Bonchev–Trinajstić information content (AvgIpc) is 2.51. The highest BCUT2D eigenvalue weighted by molar-refractivity contribution is 5.95. The molecule has 1 fully saturated rings. The smallest absolute Gasteiger partial charge is 0.404 e. The van der Waals surface area contributed by atoms with E-state index in [1.165, 1.54) is 0 Å². The first-order chi connectivity index (χ1) is 11.4. The van der Waals surface area contributed by atoms with Crippen molar-refractivity contribution in [2.24, 2.45) is 5.41 Å². The van der Waals surface area contributed by atoms with Crippen molar-refractivity contribution in [3.8, 4) is 6.07 Å². The van der Waals surface area contributed by atoms with Gasteiger partial charge in [-0.25, -0.2) is 4.79 Å². The number of hydrogen-bond acceptors (Lipinski definition) is 4. The third-order valence-corrected chi connectivity index (χ3v) is 4.39. The van der Waals surface area contributed by atoms with Crippen LogP contribution in [0.15, 0.2) is 30.5 Å². The summed E-state index contributed by atoms with van der Waals surface area (Å²) in [4.78, 5) is 17.6. The van der Waals surface area contributed by atoms with Gasteiger partial charge in [0.25, 0.3) is 0 Å². The number of benzene rings is 1. The first-order valence-electron chi connectivity index (χ1n) is 7.92. The summed E-state index contributed by atoms with van der Waals surface area (Å²) in [5.41, 5.74) is 2.20. The van der Waals surface area contributed by atoms with Gasteiger partial charge in [-0.3, -0.25) is 4.98 Å². The van der Waals surface area contributed by atoms with Gasteiger partial charge in [-0.1, -0.05) is 13.8 Å². The summed E-state index contributed by atoms with van der Waals surface area (Å²) in [6.45, 7) is 5.70. The molecular formula is C18H20N4O2. The molecule has 1 amide bonds. The number of fused-ring (bicyclic) bond motifs is 1. The Morgan fingerprint density at radius 3 is 2.96 bits per heavy atom. The van der Waals surface area contributed by atoms with E-state index in [1.807, 2.05) is 18.2 Å². The Kier molecular flexibility index (Phi) is 4.02. The molecule has 1 aromatic heterocycles. The maximum atomic E-state index is 11.0. The maximum Gasteiger partial charge on any atom is 0.404 e. The van der Waals surface area contributed by atoms with Crippen LogP contribution in [0.4, 0.5) is 10.5 Å². The Morgan fingerprint density at radius 2 is 2.25 bits per heavy atom. The lowest BCUT2D eigenvalue weighted by Gasteiger charge is -2.43. The predicted molar refractivity (Wildman–Crippen MR) is 92.0 cm³/mol. The Labute approximate surface area is 140 Å². The van der Waals surface area contributed by atoms with E-state index in [4.69, 9.17) is 5.11 Å². The number of carboxylic acid groups (broad SMARTS) is 1. The molecule has 124 valence electrons. The van der Waals surface area contributed by atoms with E-state index < -0.39 is 6.09 Å². The fraction of sp³-hybridized carbons (Fsp3) is 0.389. The maximum absolute atomic E-state index is 11.0. The molecule has 1 saturated heterocycles. The standard InChI is InChI=1S/C18H20N4O2/c1-18(2)8-13(21-17(23)24)10-22(11-18)15-6-5-12(9-19)16-14(15)4-3-7-20-16/h3-7,13,21H,8,10-11H2,1-2H3,(H,23,24). The highest BCUT2D eigenvalue weighted by Crippen LogP contribution is 2.35. The van der Waals surface area contributed by atoms with Crippen LogP contribution in [-0.2, 0) is 0 Å². The summed E-state index contributed by atoms with van der Waals surface area (Å²) >= 11 is 0. The van der Waals surface area contributed by atoms with Crippen molar-refractivity contribution in [2.75, 3.05) is 18.0 Å². The van der Waals surface area contributed by atoms with Crippen LogP contribution < -0.4 is 10.2 Å². The van der Waals surface area contributed by atoms with Gasteiger partial charge in [0.05, 0.1) is 17.1 Å². The zero-order valence-electron chi connectivity index (χ0n) is 13.8. The summed E-state index contributed by atoms with van der Waals surface area (Å²) in [6, 6.07) is 9.58. The number of carbonyl (C=O) groups is 1. The highest BCUT2D eigenvalue weighted by Gasteiger charge is 2.34. The van der Waals surface area contributed by atoms with Crippen molar-refractivity contribution >= 4 is 22.7 Å². The van der Waals surface area contributed by atoms with Gasteiger partial charge in [0, 0.05) is 30.4 Å². The van der Waals surface area contributed by atoms with E-state index >= 15 is 0 Å². The van der Waals surface area contributed by atoms with Crippen molar-refractivity contribution in [3.05, 3.63) is 36.0 Å². The number of piperidine rings is 1. The molecule has 6 nitrogen and oxygen atoms in total. The van der Waals surface area contributed by atoms with E-state index in [2.05, 4.69) is 35.1 Å². The zero-order valence-corrected chi connectivity index (χ0v) is 13.8. The predicted octanol–water partition coefficient (Wildman–Crippen LogP) is 2.98. The number of anilines is 1. The number of pyridine rings is 1. The minimum absolute atomic E-state index is 0.0200. The molecule has 3 rings (SSSR count). The lowest BCUT2D eigenvalue weighted by Crippen LogP contribution is -2.53. The van der Waals surface area contributed by atoms with E-state index in [-0.39, 0.29) is 11.5 Å². The Bertz CT molecular complexity index is 825. The number of nitrogens with zero attached hydrogens (tertiary/aromatic N) is 3. The van der Waals surface area contributed by atoms with Gasteiger partial charge in [-0.05, 0) is 36.1 Å². The van der Waals surface area contributed by atoms with Crippen molar-refractivity contribution in [1.29, 1.82) is 5.26 Å². The van der Waals surface area contributed by atoms with Gasteiger partial charge in [0.15, 0.2) is 0 Å². The fourth-order valence-electron chi connectivity index (χ4n) is 3.62. The van der Waals surface area contributed by atoms with Gasteiger partial charge in [0.2, 0.25) is 0 Å². The number of nitriles is 1. The van der Waals surface area contributed by atoms with E-state index in [9.17, 15) is 10.1 Å². The third kappa shape index (κ3) is 3.11. The molecule has 0 bridgehead atoms. The zero-order chi connectivity index (χ0) is 17.3. The molecule has 1 aromatic carbocycles. The number of nitrogens with one attached hydrogen (secondary N) is 1. The van der Waals surface area contributed by atoms with Crippen molar-refractivity contribution < 1.29 is 9.90 Å². The topological polar surface area (TPSA) is 89.2 Å². The minimum Gasteiger partial charge on any atom is -0.465 e. The highest BCUT2D eigenvalue weighted by atomic mass is 16.4. The van der Waals surface area contributed by atoms with Crippen LogP contribution in [-0.4, -0.2) is 35.3 Å². The molecular weight excluding hydrogens is 304 g/mol.